The Balaban J connectivity index is 1.33. The molecule has 4 aliphatic rings. The van der Waals surface area contributed by atoms with Gasteiger partial charge < -0.3 is 19.2 Å². The highest BCUT2D eigenvalue weighted by atomic mass is 35.5. The minimum absolute atomic E-state index is 0.0246. The number of halogens is 1. The highest BCUT2D eigenvalue weighted by Gasteiger charge is 2.48. The highest BCUT2D eigenvalue weighted by molar-refractivity contribution is 7.99. The molecule has 1 saturated carbocycles. The number of rotatable bonds is 2. The number of hydrogen-bond acceptors (Lipinski definition) is 7. The van der Waals surface area contributed by atoms with Crippen molar-refractivity contribution in [2.24, 2.45) is 17.8 Å². The van der Waals surface area contributed by atoms with E-state index >= 15 is 0 Å². The molecule has 7 atom stereocenters. The number of oxazole rings is 1. The van der Waals surface area contributed by atoms with Crippen molar-refractivity contribution >= 4 is 38.8 Å². The Morgan fingerprint density at radius 3 is 2.79 bits per heavy atom. The van der Waals surface area contributed by atoms with Crippen LogP contribution in [0.1, 0.15) is 78.9 Å². The van der Waals surface area contributed by atoms with Crippen LogP contribution in [-0.4, -0.2) is 56.6 Å². The van der Waals surface area contributed by atoms with Gasteiger partial charge in [0, 0.05) is 40.8 Å². The summed E-state index contributed by atoms with van der Waals surface area (Å²) in [6.45, 7) is 7.66. The van der Waals surface area contributed by atoms with Gasteiger partial charge >= 0.3 is 0 Å². The van der Waals surface area contributed by atoms with Crippen molar-refractivity contribution in [3.63, 3.8) is 0 Å². The summed E-state index contributed by atoms with van der Waals surface area (Å²) in [6.07, 6.45) is 11.1. The van der Waals surface area contributed by atoms with E-state index in [1.807, 2.05) is 51.1 Å². The highest BCUT2D eigenvalue weighted by Crippen LogP contribution is 2.49. The summed E-state index contributed by atoms with van der Waals surface area (Å²) in [5.41, 5.74) is 3.11. The number of fused-ring (bicyclic) bond motifs is 4. The van der Waals surface area contributed by atoms with Gasteiger partial charge in [-0.1, -0.05) is 36.7 Å². The number of benzene rings is 2. The molecule has 0 radical (unpaired) electrons. The Morgan fingerprint density at radius 2 is 2.04 bits per heavy atom. The number of nitrogens with zero attached hydrogens (tertiary/aromatic N) is 2. The normalized spacial score (nSPS) is 34.2. The molecular formula is C38H46ClN3O5S. The van der Waals surface area contributed by atoms with Gasteiger partial charge in [0.15, 0.2) is 6.39 Å². The summed E-state index contributed by atoms with van der Waals surface area (Å²) >= 11 is 6.46. The van der Waals surface area contributed by atoms with Crippen LogP contribution in [-0.2, 0) is 28.0 Å². The van der Waals surface area contributed by atoms with Crippen molar-refractivity contribution < 1.29 is 23.3 Å². The maximum Gasteiger partial charge on any atom is 0.262 e. The van der Waals surface area contributed by atoms with E-state index in [1.54, 1.807) is 6.07 Å². The molecule has 1 amide bonds. The Kier molecular flexibility index (Phi) is 8.70. The van der Waals surface area contributed by atoms with Crippen molar-refractivity contribution in [3.05, 3.63) is 88.1 Å². The first-order valence-corrected chi connectivity index (χ1v) is 19.3. The van der Waals surface area contributed by atoms with Crippen LogP contribution in [0.4, 0.5) is 5.69 Å². The van der Waals surface area contributed by atoms with Crippen LogP contribution >= 0.6 is 11.6 Å². The molecule has 8 nitrogen and oxygen atoms in total. The molecule has 2 aromatic carbocycles. The zero-order chi connectivity index (χ0) is 33.8. The lowest BCUT2D eigenvalue weighted by atomic mass is 9.62. The van der Waals surface area contributed by atoms with Crippen LogP contribution in [0.15, 0.2) is 59.4 Å². The fourth-order valence-corrected chi connectivity index (χ4v) is 10.1. The summed E-state index contributed by atoms with van der Waals surface area (Å²) in [7, 11) is -3.00. The van der Waals surface area contributed by atoms with Crippen LogP contribution in [0.25, 0.3) is 0 Å². The maximum absolute atomic E-state index is 13.9. The predicted molar refractivity (Wildman–Crippen MR) is 191 cm³/mol. The number of anilines is 1. The molecule has 3 aromatic rings. The molecule has 7 rings (SSSR count). The van der Waals surface area contributed by atoms with E-state index in [4.69, 9.17) is 20.8 Å². The molecular weight excluding hydrogens is 646 g/mol. The van der Waals surface area contributed by atoms with Crippen LogP contribution in [0.2, 0.25) is 5.02 Å². The number of ether oxygens (including phenoxy) is 1. The van der Waals surface area contributed by atoms with Crippen LogP contribution in [0, 0.1) is 24.7 Å². The lowest BCUT2D eigenvalue weighted by molar-refractivity contribution is -0.0475. The largest absolute Gasteiger partial charge is 0.490 e. The molecule has 48 heavy (non-hydrogen) atoms. The number of amides is 1. The van der Waals surface area contributed by atoms with Gasteiger partial charge in [-0.2, -0.15) is 0 Å². The van der Waals surface area contributed by atoms with Crippen molar-refractivity contribution in [1.82, 2.24) is 9.71 Å². The molecule has 256 valence electrons. The predicted octanol–water partition coefficient (Wildman–Crippen LogP) is 6.46. The summed E-state index contributed by atoms with van der Waals surface area (Å²) in [5.74, 6) is 5.07. The molecule has 1 spiro atoms. The Hall–Kier alpha value is -3.27. The van der Waals surface area contributed by atoms with Crippen LogP contribution in [0.3, 0.4) is 0 Å². The second-order valence-corrected chi connectivity index (χ2v) is 17.6. The minimum atomic E-state index is -3.00. The molecule has 1 aromatic heterocycles. The molecule has 2 aliphatic heterocycles. The molecule has 1 fully saturated rings. The molecule has 0 saturated heterocycles. The third kappa shape index (κ3) is 6.07. The van der Waals surface area contributed by atoms with Gasteiger partial charge in [0.2, 0.25) is 0 Å². The SMILES string of the molecule is C=S1(=O)NC(=O)c2ccc3c(c2)N(C[C@@H]2CC[C@H]2[C@](O)(Cc2ocnc2C)/C=C/C[C@H](C)[C@H]1C)C[C@@]1(CCCc2cc(Cl)ccc21)CO3. The summed E-state index contributed by atoms with van der Waals surface area (Å²) in [4.78, 5) is 20.3. The van der Waals surface area contributed by atoms with E-state index < -0.39 is 26.5 Å². The van der Waals surface area contributed by atoms with Crippen molar-refractivity contribution in [3.8, 4) is 5.75 Å². The first kappa shape index (κ1) is 33.2. The third-order valence-corrected chi connectivity index (χ3v) is 14.1. The molecule has 2 N–H and O–H groups in total. The minimum Gasteiger partial charge on any atom is -0.490 e. The van der Waals surface area contributed by atoms with Crippen LogP contribution in [0.5, 0.6) is 5.75 Å². The number of hydrogen-bond donors (Lipinski definition) is 2. The summed E-state index contributed by atoms with van der Waals surface area (Å²) < 4.78 is 29.1. The van der Waals surface area contributed by atoms with E-state index in [9.17, 15) is 14.1 Å². The average Bonchev–Trinajstić information content (AvgIpc) is 3.35. The number of aromatic nitrogens is 1. The van der Waals surface area contributed by atoms with Gasteiger partial charge in [0.1, 0.15) is 11.5 Å². The first-order chi connectivity index (χ1) is 22.9. The second kappa shape index (κ2) is 12.6. The second-order valence-electron chi connectivity index (χ2n) is 14.7. The molecule has 3 heterocycles. The number of aryl methyl sites for hydroxylation is 2. The van der Waals surface area contributed by atoms with Gasteiger partial charge in [-0.15, -0.1) is 0 Å². The van der Waals surface area contributed by atoms with Gasteiger partial charge in [-0.05, 0) is 117 Å². The molecule has 2 aliphatic carbocycles. The van der Waals surface area contributed by atoms with Crippen LogP contribution < -0.4 is 14.4 Å². The van der Waals surface area contributed by atoms with E-state index in [-0.39, 0.29) is 23.2 Å². The van der Waals surface area contributed by atoms with E-state index in [0.29, 0.717) is 49.6 Å². The average molecular weight is 692 g/mol. The van der Waals surface area contributed by atoms with E-state index in [0.717, 1.165) is 48.5 Å². The van der Waals surface area contributed by atoms with Gasteiger partial charge in [0.05, 0.1) is 33.3 Å². The van der Waals surface area contributed by atoms with E-state index in [1.165, 1.54) is 17.5 Å². The summed E-state index contributed by atoms with van der Waals surface area (Å²) in [5, 5.41) is 12.9. The van der Waals surface area contributed by atoms with Gasteiger partial charge in [0.25, 0.3) is 5.91 Å². The zero-order valence-electron chi connectivity index (χ0n) is 28.0. The van der Waals surface area contributed by atoms with Crippen molar-refractivity contribution in [2.45, 2.75) is 82.0 Å². The standard InChI is InChI=1S/C38H46ClN3O5S/c1-24-7-5-16-38(44,19-35-25(2)40-23-47-35)32-12-9-29(32)20-42-21-37(15-6-8-27-17-30(39)11-13-31(27)37)22-46-34-14-10-28(18-33(34)42)36(43)41-48(4,45)26(24)3/h5,10-11,13-14,16-18,23-24,26,29,32,44H,4,6-9,12,15,19-22H2,1-3H3,(H,41,43,45)/b16-5+/t24-,26+,29-,32+,37-,38+,48?/m0/s1. The Morgan fingerprint density at radius 1 is 1.21 bits per heavy atom. The van der Waals surface area contributed by atoms with Crippen molar-refractivity contribution in [2.75, 3.05) is 24.6 Å². The zero-order valence-corrected chi connectivity index (χ0v) is 29.6. The topological polar surface area (TPSA) is 105 Å². The molecule has 10 heteroatoms. The number of carbonyl (C=O) groups excluding carboxylic acids is 1. The lowest BCUT2D eigenvalue weighted by Crippen LogP contribution is -2.53. The number of allylic oxidation sites excluding steroid dienone is 1. The summed E-state index contributed by atoms with van der Waals surface area (Å²) in [6, 6.07) is 11.7. The molecule has 1 unspecified atom stereocenters. The van der Waals surface area contributed by atoms with Gasteiger partial charge in [-0.3, -0.25) is 9.52 Å². The lowest BCUT2D eigenvalue weighted by Gasteiger charge is -2.49. The molecule has 2 bridgehead atoms. The quantitative estimate of drug-likeness (QED) is 0.235. The van der Waals surface area contributed by atoms with Gasteiger partial charge in [-0.25, -0.2) is 9.19 Å². The smallest absolute Gasteiger partial charge is 0.262 e. The third-order valence-electron chi connectivity index (χ3n) is 11.7. The first-order valence-electron chi connectivity index (χ1n) is 17.2. The fourth-order valence-electron chi connectivity index (χ4n) is 8.41. The fraction of sp³-hybridized carbons (Fsp3) is 0.500. The van der Waals surface area contributed by atoms with E-state index in [2.05, 4.69) is 32.6 Å². The number of carbonyl (C=O) groups is 1. The van der Waals surface area contributed by atoms with Crippen molar-refractivity contribution in [1.29, 1.82) is 0 Å². The maximum atomic E-state index is 13.9. The number of aliphatic hydroxyl groups is 1. The monoisotopic (exact) mass is 691 g/mol. The number of nitrogens with one attached hydrogen (secondary N) is 1. The Bertz CT molecular complexity index is 1860. The Labute approximate surface area is 289 Å².